The van der Waals surface area contributed by atoms with E-state index in [0.717, 1.165) is 25.9 Å². The van der Waals surface area contributed by atoms with Crippen molar-refractivity contribution in [3.8, 4) is 0 Å². The molecule has 6 heteroatoms. The lowest BCUT2D eigenvalue weighted by molar-refractivity contribution is 0.181. The molecule has 1 fully saturated rings. The molecule has 2 heterocycles. The smallest absolute Gasteiger partial charge is 0.254 e. The van der Waals surface area contributed by atoms with Crippen LogP contribution >= 0.6 is 0 Å². The maximum absolute atomic E-state index is 11.9. The highest BCUT2D eigenvalue weighted by atomic mass is 16.5. The minimum absolute atomic E-state index is 0.0637. The van der Waals surface area contributed by atoms with Crippen LogP contribution in [-0.2, 0) is 18.4 Å². The summed E-state index contributed by atoms with van der Waals surface area (Å²) in [4.78, 5) is 18.4. The third-order valence-electron chi connectivity index (χ3n) is 3.20. The molecule has 0 radical (unpaired) electrons. The van der Waals surface area contributed by atoms with Crippen LogP contribution in [0, 0.1) is 0 Å². The molecule has 1 aliphatic rings. The van der Waals surface area contributed by atoms with Gasteiger partial charge < -0.3 is 15.4 Å². The average Bonchev–Trinajstić information content (AvgIpc) is 2.34. The van der Waals surface area contributed by atoms with E-state index in [1.165, 1.54) is 6.07 Å². The summed E-state index contributed by atoms with van der Waals surface area (Å²) in [5.41, 5.74) is 6.56. The summed E-state index contributed by atoms with van der Waals surface area (Å²) in [6.07, 6.45) is 2.06. The number of nitrogens with two attached hydrogens (primary N) is 1. The molecule has 0 aliphatic carbocycles. The number of anilines is 1. The molecule has 1 aromatic rings. The van der Waals surface area contributed by atoms with Crippen LogP contribution in [0.1, 0.15) is 18.5 Å². The second-order valence-corrected chi connectivity index (χ2v) is 4.73. The van der Waals surface area contributed by atoms with Crippen LogP contribution in [0.2, 0.25) is 0 Å². The molecule has 1 aliphatic heterocycles. The van der Waals surface area contributed by atoms with E-state index in [4.69, 9.17) is 10.5 Å². The first-order valence-corrected chi connectivity index (χ1v) is 6.18. The first-order valence-electron chi connectivity index (χ1n) is 6.18. The highest BCUT2D eigenvalue weighted by molar-refractivity contribution is 5.33. The van der Waals surface area contributed by atoms with Gasteiger partial charge in [-0.3, -0.25) is 9.36 Å². The Morgan fingerprint density at radius 2 is 2.39 bits per heavy atom. The van der Waals surface area contributed by atoms with E-state index in [-0.39, 0.29) is 11.6 Å². The molecule has 6 nitrogen and oxygen atoms in total. The SMILES string of the molecule is COCc1cc(=O)n(C)c(N2CCC[C@H](N)C2)n1. The normalized spacial score (nSPS) is 20.2. The topological polar surface area (TPSA) is 73.4 Å². The van der Waals surface area contributed by atoms with Gasteiger partial charge in [0.15, 0.2) is 0 Å². The van der Waals surface area contributed by atoms with Gasteiger partial charge in [0.2, 0.25) is 5.95 Å². The summed E-state index contributed by atoms with van der Waals surface area (Å²) < 4.78 is 6.60. The van der Waals surface area contributed by atoms with Crippen LogP contribution in [0.25, 0.3) is 0 Å². The maximum Gasteiger partial charge on any atom is 0.254 e. The number of piperidine rings is 1. The Morgan fingerprint density at radius 3 is 3.06 bits per heavy atom. The zero-order chi connectivity index (χ0) is 13.1. The summed E-state index contributed by atoms with van der Waals surface area (Å²) in [6, 6.07) is 1.67. The van der Waals surface area contributed by atoms with Crippen LogP contribution in [0.15, 0.2) is 10.9 Å². The van der Waals surface area contributed by atoms with Crippen molar-refractivity contribution in [3.63, 3.8) is 0 Å². The zero-order valence-electron chi connectivity index (χ0n) is 10.9. The maximum atomic E-state index is 11.9. The quantitative estimate of drug-likeness (QED) is 0.810. The van der Waals surface area contributed by atoms with Gasteiger partial charge in [0.25, 0.3) is 5.56 Å². The van der Waals surface area contributed by atoms with E-state index in [0.29, 0.717) is 18.2 Å². The molecule has 100 valence electrons. The van der Waals surface area contributed by atoms with E-state index in [9.17, 15) is 4.79 Å². The fourth-order valence-corrected chi connectivity index (χ4v) is 2.27. The molecule has 2 rings (SSSR count). The molecule has 1 aromatic heterocycles. The van der Waals surface area contributed by atoms with Gasteiger partial charge in [0.05, 0.1) is 12.3 Å². The van der Waals surface area contributed by atoms with Crippen molar-refractivity contribution in [2.24, 2.45) is 12.8 Å². The number of ether oxygens (including phenoxy) is 1. The molecule has 1 saturated heterocycles. The van der Waals surface area contributed by atoms with E-state index in [1.807, 2.05) is 0 Å². The Labute approximate surface area is 106 Å². The second kappa shape index (κ2) is 5.49. The third-order valence-corrected chi connectivity index (χ3v) is 3.20. The summed E-state index contributed by atoms with van der Waals surface area (Å²) in [5, 5.41) is 0. The summed E-state index contributed by atoms with van der Waals surface area (Å²) in [5.74, 6) is 0.685. The largest absolute Gasteiger partial charge is 0.378 e. The summed E-state index contributed by atoms with van der Waals surface area (Å²) in [7, 11) is 3.33. The van der Waals surface area contributed by atoms with Crippen molar-refractivity contribution in [1.29, 1.82) is 0 Å². The Kier molecular flexibility index (Phi) is 3.98. The predicted octanol–water partition coefficient (Wildman–Crippen LogP) is -0.146. The van der Waals surface area contributed by atoms with Gasteiger partial charge in [-0.2, -0.15) is 0 Å². The van der Waals surface area contributed by atoms with E-state index in [1.54, 1.807) is 18.7 Å². The van der Waals surface area contributed by atoms with Crippen LogP contribution < -0.4 is 16.2 Å². The van der Waals surface area contributed by atoms with Gasteiger partial charge in [0.1, 0.15) is 0 Å². The molecule has 0 spiro atoms. The van der Waals surface area contributed by atoms with Gasteiger partial charge in [-0.15, -0.1) is 0 Å². The van der Waals surface area contributed by atoms with Crippen LogP contribution in [0.5, 0.6) is 0 Å². The Bertz CT molecular complexity index is 472. The lowest BCUT2D eigenvalue weighted by Crippen LogP contribution is -2.45. The van der Waals surface area contributed by atoms with Crippen molar-refractivity contribution in [2.75, 3.05) is 25.1 Å². The van der Waals surface area contributed by atoms with Gasteiger partial charge in [-0.05, 0) is 12.8 Å². The van der Waals surface area contributed by atoms with Gasteiger partial charge in [-0.25, -0.2) is 4.98 Å². The number of nitrogens with zero attached hydrogens (tertiary/aromatic N) is 3. The van der Waals surface area contributed by atoms with Crippen molar-refractivity contribution >= 4 is 5.95 Å². The zero-order valence-corrected chi connectivity index (χ0v) is 10.9. The molecular weight excluding hydrogens is 232 g/mol. The lowest BCUT2D eigenvalue weighted by atomic mass is 10.1. The predicted molar refractivity (Wildman–Crippen MR) is 69.6 cm³/mol. The lowest BCUT2D eigenvalue weighted by Gasteiger charge is -2.32. The Hall–Kier alpha value is -1.40. The number of hydrogen-bond donors (Lipinski definition) is 1. The average molecular weight is 252 g/mol. The third kappa shape index (κ3) is 2.70. The van der Waals surface area contributed by atoms with E-state index >= 15 is 0 Å². The van der Waals surface area contributed by atoms with Crippen molar-refractivity contribution in [1.82, 2.24) is 9.55 Å². The first-order chi connectivity index (χ1) is 8.61. The van der Waals surface area contributed by atoms with Crippen LogP contribution in [0.4, 0.5) is 5.95 Å². The molecule has 2 N–H and O–H groups in total. The number of rotatable bonds is 3. The van der Waals surface area contributed by atoms with Crippen molar-refractivity contribution in [3.05, 3.63) is 22.1 Å². The van der Waals surface area contributed by atoms with Crippen LogP contribution in [0.3, 0.4) is 0 Å². The van der Waals surface area contributed by atoms with E-state index < -0.39 is 0 Å². The highest BCUT2D eigenvalue weighted by Gasteiger charge is 2.20. The Balaban J connectivity index is 2.33. The molecular formula is C12H20N4O2. The fraction of sp³-hybridized carbons (Fsp3) is 0.667. The monoisotopic (exact) mass is 252 g/mol. The minimum Gasteiger partial charge on any atom is -0.378 e. The number of hydrogen-bond acceptors (Lipinski definition) is 5. The fourth-order valence-electron chi connectivity index (χ4n) is 2.27. The molecule has 0 amide bonds. The second-order valence-electron chi connectivity index (χ2n) is 4.73. The van der Waals surface area contributed by atoms with Crippen molar-refractivity contribution < 1.29 is 4.74 Å². The van der Waals surface area contributed by atoms with E-state index in [2.05, 4.69) is 9.88 Å². The van der Waals surface area contributed by atoms with Gasteiger partial charge in [0, 0.05) is 39.4 Å². The summed E-state index contributed by atoms with van der Waals surface area (Å²) in [6.45, 7) is 1.99. The Morgan fingerprint density at radius 1 is 1.61 bits per heavy atom. The highest BCUT2D eigenvalue weighted by Crippen LogP contribution is 2.15. The van der Waals surface area contributed by atoms with Crippen molar-refractivity contribution in [2.45, 2.75) is 25.5 Å². The van der Waals surface area contributed by atoms with Gasteiger partial charge in [-0.1, -0.05) is 0 Å². The summed E-state index contributed by atoms with van der Waals surface area (Å²) >= 11 is 0. The first kappa shape index (κ1) is 13.0. The molecule has 0 bridgehead atoms. The number of methoxy groups -OCH3 is 1. The number of aromatic nitrogens is 2. The molecule has 0 saturated carbocycles. The molecule has 18 heavy (non-hydrogen) atoms. The molecule has 0 unspecified atom stereocenters. The molecule has 0 aromatic carbocycles. The van der Waals surface area contributed by atoms with Crippen LogP contribution in [-0.4, -0.2) is 35.8 Å². The standard InChI is InChI=1S/C12H20N4O2/c1-15-11(17)6-10(8-18-2)14-12(15)16-5-3-4-9(13)7-16/h6,9H,3-5,7-8,13H2,1-2H3/t9-/m0/s1. The van der Waals surface area contributed by atoms with Gasteiger partial charge >= 0.3 is 0 Å². The minimum atomic E-state index is -0.0637. The molecule has 1 atom stereocenters.